The second-order valence-corrected chi connectivity index (χ2v) is 8.69. The molecule has 4 heteroatoms. The van der Waals surface area contributed by atoms with Crippen molar-refractivity contribution in [3.8, 4) is 5.75 Å². The highest BCUT2D eigenvalue weighted by Gasteiger charge is 2.19. The molecule has 0 heterocycles. The van der Waals surface area contributed by atoms with E-state index in [0.29, 0.717) is 24.7 Å². The van der Waals surface area contributed by atoms with E-state index in [1.807, 2.05) is 24.3 Å². The lowest BCUT2D eigenvalue weighted by molar-refractivity contribution is -0.149. The molecule has 0 bridgehead atoms. The number of benzene rings is 3. The maximum Gasteiger partial charge on any atom is 0.333 e. The summed E-state index contributed by atoms with van der Waals surface area (Å²) in [5.41, 5.74) is 0.365. The first kappa shape index (κ1) is 24.8. The van der Waals surface area contributed by atoms with Gasteiger partial charge >= 0.3 is 5.97 Å². The molecular weight excluding hydrogens is 412 g/mol. The molecule has 2 unspecified atom stereocenters. The van der Waals surface area contributed by atoms with Crippen LogP contribution >= 0.6 is 0 Å². The van der Waals surface area contributed by atoms with Gasteiger partial charge < -0.3 is 14.2 Å². The Morgan fingerprint density at radius 1 is 0.939 bits per heavy atom. The molecule has 3 aromatic rings. The van der Waals surface area contributed by atoms with E-state index in [0.717, 1.165) is 40.1 Å². The molecule has 0 aliphatic rings. The Hall–Kier alpha value is -2.85. The Balaban J connectivity index is 1.74. The lowest BCUT2D eigenvalue weighted by Crippen LogP contribution is -2.30. The lowest BCUT2D eigenvalue weighted by atomic mass is 9.98. The number of esters is 1. The third-order valence-electron chi connectivity index (χ3n) is 6.01. The fourth-order valence-electron chi connectivity index (χ4n) is 4.10. The summed E-state index contributed by atoms with van der Waals surface area (Å²) >= 11 is 0. The van der Waals surface area contributed by atoms with Crippen LogP contribution in [0.1, 0.15) is 46.5 Å². The van der Waals surface area contributed by atoms with Crippen LogP contribution in [0, 0.1) is 5.92 Å². The molecule has 0 radical (unpaired) electrons. The Bertz CT molecular complexity index is 1020. The van der Waals surface area contributed by atoms with Crippen LogP contribution in [-0.2, 0) is 14.3 Å². The van der Waals surface area contributed by atoms with Gasteiger partial charge in [0.05, 0.1) is 6.61 Å². The van der Waals surface area contributed by atoms with Crippen molar-refractivity contribution in [2.75, 3.05) is 19.8 Å². The van der Waals surface area contributed by atoms with Crippen molar-refractivity contribution in [1.82, 2.24) is 0 Å². The molecule has 0 aliphatic heterocycles. The first-order valence-corrected chi connectivity index (χ1v) is 12.0. The number of fused-ring (bicyclic) bond motifs is 2. The number of carbonyl (C=O) groups excluding carboxylic acids is 1. The fraction of sp³-hybridized carbons (Fsp3) is 0.414. The Kier molecular flexibility index (Phi) is 9.32. The molecule has 0 aliphatic carbocycles. The highest BCUT2D eigenvalue weighted by Crippen LogP contribution is 2.35. The molecule has 4 nitrogen and oxygen atoms in total. The molecule has 0 spiro atoms. The summed E-state index contributed by atoms with van der Waals surface area (Å²) in [6.07, 6.45) is 4.05. The minimum Gasteiger partial charge on any atom is -0.488 e. The summed E-state index contributed by atoms with van der Waals surface area (Å²) in [6.45, 7) is 10.9. The normalized spacial score (nSPS) is 13.1. The number of ether oxygens (including phenoxy) is 3. The van der Waals surface area contributed by atoms with Gasteiger partial charge in [-0.25, -0.2) is 4.79 Å². The SMILES string of the molecule is C=C(C)C(=O)OC(COCCC(CC)CCC)COc1c2ccccc2cc2ccccc12. The quantitative estimate of drug-likeness (QED) is 0.121. The monoisotopic (exact) mass is 448 g/mol. The van der Waals surface area contributed by atoms with Gasteiger partial charge in [-0.2, -0.15) is 0 Å². The maximum atomic E-state index is 12.2. The molecule has 0 saturated carbocycles. The van der Waals surface area contributed by atoms with Gasteiger partial charge in [-0.3, -0.25) is 0 Å². The van der Waals surface area contributed by atoms with E-state index < -0.39 is 12.1 Å². The zero-order valence-corrected chi connectivity index (χ0v) is 20.1. The van der Waals surface area contributed by atoms with Crippen molar-refractivity contribution in [1.29, 1.82) is 0 Å². The smallest absolute Gasteiger partial charge is 0.333 e. The molecule has 0 aromatic heterocycles. The van der Waals surface area contributed by atoms with Crippen LogP contribution in [0.25, 0.3) is 21.5 Å². The predicted octanol–water partition coefficient (Wildman–Crippen LogP) is 7.09. The van der Waals surface area contributed by atoms with Crippen LogP contribution in [0.4, 0.5) is 0 Å². The van der Waals surface area contributed by atoms with Gasteiger partial charge in [0.1, 0.15) is 12.4 Å². The van der Waals surface area contributed by atoms with Crippen molar-refractivity contribution in [2.24, 2.45) is 5.92 Å². The topological polar surface area (TPSA) is 44.8 Å². The van der Waals surface area contributed by atoms with E-state index in [-0.39, 0.29) is 6.61 Å². The summed E-state index contributed by atoms with van der Waals surface area (Å²) in [6, 6.07) is 18.5. The third-order valence-corrected chi connectivity index (χ3v) is 6.01. The summed E-state index contributed by atoms with van der Waals surface area (Å²) in [5, 5.41) is 4.29. The molecule has 3 aromatic carbocycles. The van der Waals surface area contributed by atoms with Crippen LogP contribution < -0.4 is 4.74 Å². The van der Waals surface area contributed by atoms with Gasteiger partial charge in [0, 0.05) is 23.0 Å². The molecule has 3 rings (SSSR count). The van der Waals surface area contributed by atoms with Crippen LogP contribution in [0.15, 0.2) is 66.7 Å². The first-order valence-electron chi connectivity index (χ1n) is 12.0. The molecular formula is C29H36O4. The van der Waals surface area contributed by atoms with E-state index in [9.17, 15) is 4.79 Å². The zero-order chi connectivity index (χ0) is 23.6. The Morgan fingerprint density at radius 2 is 1.58 bits per heavy atom. The minimum atomic E-state index is -0.516. The number of rotatable bonds is 13. The molecule has 0 saturated heterocycles. The Morgan fingerprint density at radius 3 is 2.15 bits per heavy atom. The van der Waals surface area contributed by atoms with Crippen molar-refractivity contribution < 1.29 is 19.0 Å². The lowest BCUT2D eigenvalue weighted by Gasteiger charge is -2.21. The number of hydrogen-bond donors (Lipinski definition) is 0. The van der Waals surface area contributed by atoms with Gasteiger partial charge in [-0.05, 0) is 36.1 Å². The van der Waals surface area contributed by atoms with Crippen molar-refractivity contribution in [3.05, 3.63) is 66.7 Å². The zero-order valence-electron chi connectivity index (χ0n) is 20.1. The highest BCUT2D eigenvalue weighted by molar-refractivity contribution is 6.05. The van der Waals surface area contributed by atoms with Crippen molar-refractivity contribution in [3.63, 3.8) is 0 Å². The van der Waals surface area contributed by atoms with Gasteiger partial charge in [0.2, 0.25) is 0 Å². The van der Waals surface area contributed by atoms with Gasteiger partial charge in [0.15, 0.2) is 6.10 Å². The molecule has 2 atom stereocenters. The standard InChI is InChI=1S/C29H36O4/c1-5-11-22(6-2)16-17-31-19-25(33-29(30)21(3)4)20-32-28-26-14-9-7-12-23(26)18-24-13-8-10-15-27(24)28/h7-10,12-15,18,22,25H,3,5-6,11,16-17,19-20H2,1-2,4H3. The number of carbonyl (C=O) groups is 1. The van der Waals surface area contributed by atoms with Gasteiger partial charge in [0.25, 0.3) is 0 Å². The van der Waals surface area contributed by atoms with E-state index in [1.54, 1.807) is 6.92 Å². The van der Waals surface area contributed by atoms with Crippen LogP contribution in [-0.4, -0.2) is 31.9 Å². The molecule has 0 fully saturated rings. The number of hydrogen-bond acceptors (Lipinski definition) is 4. The molecule has 176 valence electrons. The van der Waals surface area contributed by atoms with Gasteiger partial charge in [-0.1, -0.05) is 88.2 Å². The van der Waals surface area contributed by atoms with Gasteiger partial charge in [-0.15, -0.1) is 0 Å². The second kappa shape index (κ2) is 12.4. The minimum absolute atomic E-state index is 0.211. The van der Waals surface area contributed by atoms with Crippen molar-refractivity contribution in [2.45, 2.75) is 52.6 Å². The average Bonchev–Trinajstić information content (AvgIpc) is 2.83. The third kappa shape index (κ3) is 6.82. The fourth-order valence-corrected chi connectivity index (χ4v) is 4.10. The molecule has 0 N–H and O–H groups in total. The highest BCUT2D eigenvalue weighted by atomic mass is 16.6. The first-order chi connectivity index (χ1) is 16.0. The largest absolute Gasteiger partial charge is 0.488 e. The average molecular weight is 449 g/mol. The van der Waals surface area contributed by atoms with E-state index in [1.165, 1.54) is 12.8 Å². The molecule has 33 heavy (non-hydrogen) atoms. The van der Waals surface area contributed by atoms with Crippen LogP contribution in [0.5, 0.6) is 5.75 Å². The van der Waals surface area contributed by atoms with Crippen molar-refractivity contribution >= 4 is 27.5 Å². The summed E-state index contributed by atoms with van der Waals surface area (Å²) in [7, 11) is 0. The van der Waals surface area contributed by atoms with Crippen LogP contribution in [0.3, 0.4) is 0 Å². The predicted molar refractivity (Wildman–Crippen MR) is 136 cm³/mol. The van der Waals surface area contributed by atoms with E-state index in [4.69, 9.17) is 14.2 Å². The summed E-state index contributed by atoms with van der Waals surface area (Å²) < 4.78 is 17.9. The summed E-state index contributed by atoms with van der Waals surface area (Å²) in [4.78, 5) is 12.2. The molecule has 0 amide bonds. The summed E-state index contributed by atoms with van der Waals surface area (Å²) in [5.74, 6) is 1.05. The second-order valence-electron chi connectivity index (χ2n) is 8.69. The maximum absolute atomic E-state index is 12.2. The van der Waals surface area contributed by atoms with Crippen LogP contribution in [0.2, 0.25) is 0 Å². The van der Waals surface area contributed by atoms with E-state index in [2.05, 4.69) is 50.8 Å². The Labute approximate surface area is 197 Å². The van der Waals surface area contributed by atoms with E-state index >= 15 is 0 Å².